The lowest BCUT2D eigenvalue weighted by Crippen LogP contribution is -2.23. The average molecular weight is 281 g/mol. The van der Waals surface area contributed by atoms with Crippen LogP contribution in [0.5, 0.6) is 0 Å². The Morgan fingerprint density at radius 1 is 1.35 bits per heavy atom. The van der Waals surface area contributed by atoms with Gasteiger partial charge in [0.05, 0.1) is 19.8 Å². The number of amidine groups is 1. The first-order valence-electron chi connectivity index (χ1n) is 6.49. The number of oxime groups is 1. The number of hydrogen-bond donors (Lipinski definition) is 2. The second-order valence-corrected chi connectivity index (χ2v) is 4.53. The van der Waals surface area contributed by atoms with E-state index >= 15 is 0 Å². The second-order valence-electron chi connectivity index (χ2n) is 4.53. The van der Waals surface area contributed by atoms with Crippen LogP contribution in [0.3, 0.4) is 0 Å². The summed E-state index contributed by atoms with van der Waals surface area (Å²) in [7, 11) is 3.68. The molecular weight excluding hydrogens is 258 g/mol. The van der Waals surface area contributed by atoms with E-state index in [2.05, 4.69) is 10.1 Å². The van der Waals surface area contributed by atoms with Gasteiger partial charge in [0.1, 0.15) is 0 Å². The molecule has 0 aliphatic rings. The number of nitrogens with two attached hydrogens (primary N) is 1. The molecule has 1 aromatic carbocycles. The Balaban J connectivity index is 2.40. The Kier molecular flexibility index (Phi) is 7.64. The van der Waals surface area contributed by atoms with Gasteiger partial charge in [-0.25, -0.2) is 0 Å². The fourth-order valence-electron chi connectivity index (χ4n) is 1.74. The second kappa shape index (κ2) is 9.30. The van der Waals surface area contributed by atoms with Crippen LogP contribution < -0.4 is 5.73 Å². The van der Waals surface area contributed by atoms with Crippen molar-refractivity contribution in [1.82, 2.24) is 4.90 Å². The number of nitrogens with zero attached hydrogens (tertiary/aromatic N) is 2. The van der Waals surface area contributed by atoms with Gasteiger partial charge in [-0.2, -0.15) is 0 Å². The number of likely N-dealkylation sites (N-methyl/N-ethyl adjacent to an activating group) is 1. The summed E-state index contributed by atoms with van der Waals surface area (Å²) >= 11 is 0. The van der Waals surface area contributed by atoms with Gasteiger partial charge in [0.15, 0.2) is 5.84 Å². The molecule has 0 fully saturated rings. The lowest BCUT2D eigenvalue weighted by molar-refractivity contribution is 0.0598. The van der Waals surface area contributed by atoms with E-state index in [1.807, 2.05) is 31.3 Å². The Hall–Kier alpha value is -1.63. The van der Waals surface area contributed by atoms with Crippen molar-refractivity contribution in [3.8, 4) is 0 Å². The molecule has 0 aromatic heterocycles. The molecule has 6 nitrogen and oxygen atoms in total. The van der Waals surface area contributed by atoms with Crippen LogP contribution in [0.4, 0.5) is 0 Å². The summed E-state index contributed by atoms with van der Waals surface area (Å²) in [4.78, 5) is 2.15. The van der Waals surface area contributed by atoms with Gasteiger partial charge in [0.25, 0.3) is 0 Å². The zero-order valence-corrected chi connectivity index (χ0v) is 12.1. The molecule has 20 heavy (non-hydrogen) atoms. The third kappa shape index (κ3) is 6.01. The van der Waals surface area contributed by atoms with Crippen molar-refractivity contribution in [1.29, 1.82) is 0 Å². The standard InChI is InChI=1S/C14H23N3O3/c1-17(6-7-20-9-8-19-2)11-12-4-3-5-13(10-12)14(15)16-18/h3-5,10,18H,6-9,11H2,1-2H3,(H2,15,16). The van der Waals surface area contributed by atoms with Crippen LogP contribution in [0.15, 0.2) is 29.4 Å². The summed E-state index contributed by atoms with van der Waals surface area (Å²) < 4.78 is 10.3. The predicted molar refractivity (Wildman–Crippen MR) is 78.0 cm³/mol. The fourth-order valence-corrected chi connectivity index (χ4v) is 1.74. The van der Waals surface area contributed by atoms with E-state index in [-0.39, 0.29) is 5.84 Å². The first-order chi connectivity index (χ1) is 9.67. The van der Waals surface area contributed by atoms with Gasteiger partial charge in [-0.1, -0.05) is 23.4 Å². The minimum absolute atomic E-state index is 0.123. The maximum atomic E-state index is 8.67. The molecule has 112 valence electrons. The lowest BCUT2D eigenvalue weighted by Gasteiger charge is -2.17. The molecule has 0 aliphatic heterocycles. The number of hydrogen-bond acceptors (Lipinski definition) is 5. The fraction of sp³-hybridized carbons (Fsp3) is 0.500. The highest BCUT2D eigenvalue weighted by molar-refractivity contribution is 5.97. The molecule has 0 amide bonds. The monoisotopic (exact) mass is 281 g/mol. The summed E-state index contributed by atoms with van der Waals surface area (Å²) in [6.45, 7) is 3.51. The molecule has 0 heterocycles. The number of benzene rings is 1. The van der Waals surface area contributed by atoms with Crippen LogP contribution in [0.2, 0.25) is 0 Å². The maximum Gasteiger partial charge on any atom is 0.170 e. The Morgan fingerprint density at radius 3 is 2.85 bits per heavy atom. The van der Waals surface area contributed by atoms with Crippen molar-refractivity contribution in [2.45, 2.75) is 6.54 Å². The molecule has 0 saturated carbocycles. The highest BCUT2D eigenvalue weighted by atomic mass is 16.5. The molecule has 1 rings (SSSR count). The van der Waals surface area contributed by atoms with Crippen LogP contribution in [-0.4, -0.2) is 56.5 Å². The van der Waals surface area contributed by atoms with Crippen LogP contribution in [0, 0.1) is 0 Å². The van der Waals surface area contributed by atoms with Gasteiger partial charge in [-0.05, 0) is 18.7 Å². The summed E-state index contributed by atoms with van der Waals surface area (Å²) in [5, 5.41) is 11.7. The van der Waals surface area contributed by atoms with E-state index in [0.717, 1.165) is 24.2 Å². The highest BCUT2D eigenvalue weighted by Gasteiger charge is 2.04. The maximum absolute atomic E-state index is 8.67. The zero-order valence-electron chi connectivity index (χ0n) is 12.1. The van der Waals surface area contributed by atoms with Crippen molar-refractivity contribution in [2.24, 2.45) is 10.9 Å². The van der Waals surface area contributed by atoms with Crippen molar-refractivity contribution < 1.29 is 14.7 Å². The van der Waals surface area contributed by atoms with Crippen LogP contribution >= 0.6 is 0 Å². The predicted octanol–water partition coefficient (Wildman–Crippen LogP) is 0.876. The van der Waals surface area contributed by atoms with Gasteiger partial charge in [-0.15, -0.1) is 0 Å². The SMILES string of the molecule is COCCOCCN(C)Cc1cccc(C(N)=NO)c1. The molecule has 0 atom stereocenters. The third-order valence-corrected chi connectivity index (χ3v) is 2.83. The Bertz CT molecular complexity index is 424. The molecule has 3 N–H and O–H groups in total. The molecule has 0 radical (unpaired) electrons. The van der Waals surface area contributed by atoms with Crippen LogP contribution in [0.25, 0.3) is 0 Å². The third-order valence-electron chi connectivity index (χ3n) is 2.83. The molecular formula is C14H23N3O3. The van der Waals surface area contributed by atoms with E-state index in [1.165, 1.54) is 0 Å². The molecule has 0 aliphatic carbocycles. The quantitative estimate of drug-likeness (QED) is 0.231. The average Bonchev–Trinajstić information content (AvgIpc) is 2.46. The van der Waals surface area contributed by atoms with Crippen molar-refractivity contribution >= 4 is 5.84 Å². The van der Waals surface area contributed by atoms with E-state index < -0.39 is 0 Å². The molecule has 0 saturated heterocycles. The normalized spacial score (nSPS) is 12.1. The molecule has 1 aromatic rings. The Labute approximate surface area is 119 Å². The van der Waals surface area contributed by atoms with E-state index in [4.69, 9.17) is 20.4 Å². The van der Waals surface area contributed by atoms with Gasteiger partial charge in [0.2, 0.25) is 0 Å². The first kappa shape index (κ1) is 16.4. The topological polar surface area (TPSA) is 80.3 Å². The minimum Gasteiger partial charge on any atom is -0.409 e. The van der Waals surface area contributed by atoms with Crippen molar-refractivity contribution in [3.05, 3.63) is 35.4 Å². The molecule has 0 spiro atoms. The van der Waals surface area contributed by atoms with Crippen molar-refractivity contribution in [2.75, 3.05) is 40.5 Å². The summed E-state index contributed by atoms with van der Waals surface area (Å²) in [5.41, 5.74) is 7.40. The number of methoxy groups -OCH3 is 1. The minimum atomic E-state index is 0.123. The van der Waals surface area contributed by atoms with Gasteiger partial charge in [0, 0.05) is 25.8 Å². The summed E-state index contributed by atoms with van der Waals surface area (Å²) in [6, 6.07) is 7.63. The van der Waals surface area contributed by atoms with Crippen LogP contribution in [0.1, 0.15) is 11.1 Å². The summed E-state index contributed by atoms with van der Waals surface area (Å²) in [6.07, 6.45) is 0. The molecule has 0 unspecified atom stereocenters. The zero-order chi connectivity index (χ0) is 14.8. The highest BCUT2D eigenvalue weighted by Crippen LogP contribution is 2.07. The molecule has 6 heteroatoms. The first-order valence-corrected chi connectivity index (χ1v) is 6.49. The van der Waals surface area contributed by atoms with E-state index in [0.29, 0.717) is 19.8 Å². The number of ether oxygens (including phenoxy) is 2. The Morgan fingerprint density at radius 2 is 2.15 bits per heavy atom. The van der Waals surface area contributed by atoms with E-state index in [9.17, 15) is 0 Å². The van der Waals surface area contributed by atoms with Crippen LogP contribution in [-0.2, 0) is 16.0 Å². The van der Waals surface area contributed by atoms with Gasteiger partial charge >= 0.3 is 0 Å². The van der Waals surface area contributed by atoms with Crippen molar-refractivity contribution in [3.63, 3.8) is 0 Å². The largest absolute Gasteiger partial charge is 0.409 e. The number of rotatable bonds is 9. The lowest BCUT2D eigenvalue weighted by atomic mass is 10.1. The van der Waals surface area contributed by atoms with Gasteiger partial charge < -0.3 is 20.4 Å². The smallest absolute Gasteiger partial charge is 0.170 e. The van der Waals surface area contributed by atoms with E-state index in [1.54, 1.807) is 7.11 Å². The molecule has 0 bridgehead atoms. The van der Waals surface area contributed by atoms with Gasteiger partial charge in [-0.3, -0.25) is 4.90 Å². The summed E-state index contributed by atoms with van der Waals surface area (Å²) in [5.74, 6) is 0.123.